The van der Waals surface area contributed by atoms with Gasteiger partial charge in [-0.05, 0) is 23.3 Å². The van der Waals surface area contributed by atoms with Crippen molar-refractivity contribution in [3.05, 3.63) is 108 Å². The minimum atomic E-state index is -0.483. The van der Waals surface area contributed by atoms with E-state index in [4.69, 9.17) is 9.15 Å². The molecule has 1 aromatic heterocycles. The topological polar surface area (TPSA) is 39.4 Å². The minimum absolute atomic E-state index is 0.207. The van der Waals surface area contributed by atoms with Gasteiger partial charge < -0.3 is 9.15 Å². The van der Waals surface area contributed by atoms with Crippen molar-refractivity contribution in [1.29, 1.82) is 0 Å². The molecule has 0 atom stereocenters. The van der Waals surface area contributed by atoms with Crippen molar-refractivity contribution in [2.45, 2.75) is 6.10 Å². The van der Waals surface area contributed by atoms with Gasteiger partial charge in [-0.3, -0.25) is 0 Å². The third-order valence-corrected chi connectivity index (χ3v) is 4.06. The second-order valence-corrected chi connectivity index (χ2v) is 5.76. The van der Waals surface area contributed by atoms with E-state index in [1.54, 1.807) is 6.07 Å². The molecule has 0 saturated carbocycles. The van der Waals surface area contributed by atoms with E-state index in [2.05, 4.69) is 0 Å². The van der Waals surface area contributed by atoms with Crippen molar-refractivity contribution in [3.63, 3.8) is 0 Å². The molecule has 0 aliphatic carbocycles. The summed E-state index contributed by atoms with van der Waals surface area (Å²) in [6.45, 7) is 0. The highest BCUT2D eigenvalue weighted by molar-refractivity contribution is 5.92. The first kappa shape index (κ1) is 15.2. The normalized spacial score (nSPS) is 10.9. The van der Waals surface area contributed by atoms with Gasteiger partial charge in [0.05, 0.1) is 0 Å². The molecule has 0 aliphatic heterocycles. The molecule has 3 aromatic carbocycles. The van der Waals surface area contributed by atoms with Gasteiger partial charge in [-0.2, -0.15) is 0 Å². The van der Waals surface area contributed by atoms with Crippen LogP contribution in [0.4, 0.5) is 0 Å². The molecule has 0 saturated heterocycles. The van der Waals surface area contributed by atoms with Crippen LogP contribution in [0.1, 0.15) is 27.8 Å². The predicted molar refractivity (Wildman–Crippen MR) is 96.4 cm³/mol. The molecule has 0 fully saturated rings. The predicted octanol–water partition coefficient (Wildman–Crippen LogP) is 5.38. The smallest absolute Gasteiger partial charge is 0.375 e. The van der Waals surface area contributed by atoms with E-state index < -0.39 is 12.1 Å². The highest BCUT2D eigenvalue weighted by atomic mass is 16.6. The second kappa shape index (κ2) is 6.65. The molecular weight excluding hydrogens is 312 g/mol. The van der Waals surface area contributed by atoms with Gasteiger partial charge in [0.1, 0.15) is 5.58 Å². The molecule has 0 unspecified atom stereocenters. The van der Waals surface area contributed by atoms with Crippen LogP contribution in [0.25, 0.3) is 11.0 Å². The zero-order valence-electron chi connectivity index (χ0n) is 13.5. The number of rotatable bonds is 4. The Labute approximate surface area is 145 Å². The standard InChI is InChI=1S/C22H16O3/c23-22(20-15-18-13-7-8-14-19(18)24-20)25-21(16-9-3-1-4-10-16)17-11-5-2-6-12-17/h1-15,21H. The summed E-state index contributed by atoms with van der Waals surface area (Å²) in [5.74, 6) is -0.271. The van der Waals surface area contributed by atoms with Crippen molar-refractivity contribution in [1.82, 2.24) is 0 Å². The van der Waals surface area contributed by atoms with Crippen molar-refractivity contribution < 1.29 is 13.9 Å². The minimum Gasteiger partial charge on any atom is -0.449 e. The Balaban J connectivity index is 1.67. The number of furan rings is 1. The van der Waals surface area contributed by atoms with E-state index in [1.165, 1.54) is 0 Å². The summed E-state index contributed by atoms with van der Waals surface area (Å²) in [7, 11) is 0. The lowest BCUT2D eigenvalue weighted by Gasteiger charge is -2.18. The Morgan fingerprint density at radius 2 is 1.32 bits per heavy atom. The number of benzene rings is 3. The molecule has 0 aliphatic rings. The van der Waals surface area contributed by atoms with Crippen LogP contribution in [-0.4, -0.2) is 5.97 Å². The van der Waals surface area contributed by atoms with Gasteiger partial charge in [0.2, 0.25) is 5.76 Å². The fraction of sp³-hybridized carbons (Fsp3) is 0.0455. The third kappa shape index (κ3) is 3.17. The summed E-state index contributed by atoms with van der Waals surface area (Å²) < 4.78 is 11.4. The molecule has 25 heavy (non-hydrogen) atoms. The summed E-state index contributed by atoms with van der Waals surface area (Å²) in [6, 6.07) is 28.6. The van der Waals surface area contributed by atoms with Crippen molar-refractivity contribution in [2.75, 3.05) is 0 Å². The zero-order valence-corrected chi connectivity index (χ0v) is 13.5. The fourth-order valence-corrected chi connectivity index (χ4v) is 2.83. The maximum atomic E-state index is 12.7. The number of carbonyl (C=O) groups is 1. The summed E-state index contributed by atoms with van der Waals surface area (Å²) in [5.41, 5.74) is 2.50. The van der Waals surface area contributed by atoms with E-state index in [1.807, 2.05) is 84.9 Å². The molecule has 0 bridgehead atoms. The van der Waals surface area contributed by atoms with E-state index >= 15 is 0 Å². The number of hydrogen-bond acceptors (Lipinski definition) is 3. The van der Waals surface area contributed by atoms with Gasteiger partial charge in [-0.25, -0.2) is 4.79 Å². The molecule has 4 rings (SSSR count). The molecule has 0 N–H and O–H groups in total. The molecule has 122 valence electrons. The van der Waals surface area contributed by atoms with Crippen LogP contribution in [0.2, 0.25) is 0 Å². The Morgan fingerprint density at radius 3 is 1.92 bits per heavy atom. The Morgan fingerprint density at radius 1 is 0.760 bits per heavy atom. The van der Waals surface area contributed by atoms with Crippen LogP contribution in [0.3, 0.4) is 0 Å². The van der Waals surface area contributed by atoms with Gasteiger partial charge >= 0.3 is 5.97 Å². The Bertz CT molecular complexity index is 915. The van der Waals surface area contributed by atoms with Gasteiger partial charge in [-0.1, -0.05) is 78.9 Å². The van der Waals surface area contributed by atoms with Crippen LogP contribution < -0.4 is 0 Å². The van der Waals surface area contributed by atoms with Gasteiger partial charge in [0.15, 0.2) is 6.10 Å². The summed E-state index contributed by atoms with van der Waals surface area (Å²) in [4.78, 5) is 12.7. The van der Waals surface area contributed by atoms with Crippen LogP contribution in [0.15, 0.2) is 95.4 Å². The van der Waals surface area contributed by atoms with E-state index in [-0.39, 0.29) is 5.76 Å². The third-order valence-electron chi connectivity index (χ3n) is 4.06. The molecule has 0 amide bonds. The van der Waals surface area contributed by atoms with Crippen LogP contribution in [0, 0.1) is 0 Å². The fourth-order valence-electron chi connectivity index (χ4n) is 2.83. The summed E-state index contributed by atoms with van der Waals surface area (Å²) >= 11 is 0. The highest BCUT2D eigenvalue weighted by Gasteiger charge is 2.22. The zero-order chi connectivity index (χ0) is 17.1. The van der Waals surface area contributed by atoms with Gasteiger partial charge in [0, 0.05) is 5.39 Å². The molecule has 0 radical (unpaired) electrons. The molecule has 0 spiro atoms. The van der Waals surface area contributed by atoms with Crippen LogP contribution in [-0.2, 0) is 4.74 Å². The number of ether oxygens (including phenoxy) is 1. The largest absolute Gasteiger partial charge is 0.449 e. The SMILES string of the molecule is O=C(OC(c1ccccc1)c1ccccc1)c1cc2ccccc2o1. The lowest BCUT2D eigenvalue weighted by molar-refractivity contribution is 0.0344. The first-order valence-corrected chi connectivity index (χ1v) is 8.11. The molecule has 1 heterocycles. The lowest BCUT2D eigenvalue weighted by atomic mass is 10.0. The second-order valence-electron chi connectivity index (χ2n) is 5.76. The number of para-hydroxylation sites is 1. The summed E-state index contributed by atoms with van der Waals surface area (Å²) in [5, 5.41) is 0.880. The van der Waals surface area contributed by atoms with Crippen LogP contribution >= 0.6 is 0 Å². The first-order chi connectivity index (χ1) is 12.3. The van der Waals surface area contributed by atoms with E-state index in [0.29, 0.717) is 5.58 Å². The number of hydrogen-bond donors (Lipinski definition) is 0. The Kier molecular flexibility index (Phi) is 4.05. The number of esters is 1. The van der Waals surface area contributed by atoms with Crippen molar-refractivity contribution in [2.24, 2.45) is 0 Å². The van der Waals surface area contributed by atoms with E-state index in [9.17, 15) is 4.79 Å². The molecule has 3 heteroatoms. The first-order valence-electron chi connectivity index (χ1n) is 8.11. The van der Waals surface area contributed by atoms with Gasteiger partial charge in [0.25, 0.3) is 0 Å². The summed E-state index contributed by atoms with van der Waals surface area (Å²) in [6.07, 6.45) is -0.483. The number of fused-ring (bicyclic) bond motifs is 1. The number of carbonyl (C=O) groups excluding carboxylic acids is 1. The monoisotopic (exact) mass is 328 g/mol. The highest BCUT2D eigenvalue weighted by Crippen LogP contribution is 2.28. The van der Waals surface area contributed by atoms with Crippen LogP contribution in [0.5, 0.6) is 0 Å². The van der Waals surface area contributed by atoms with Crippen molar-refractivity contribution in [3.8, 4) is 0 Å². The average molecular weight is 328 g/mol. The molecule has 4 aromatic rings. The quantitative estimate of drug-likeness (QED) is 0.472. The Hall–Kier alpha value is -3.33. The van der Waals surface area contributed by atoms with Crippen molar-refractivity contribution >= 4 is 16.9 Å². The maximum Gasteiger partial charge on any atom is 0.375 e. The molecule has 3 nitrogen and oxygen atoms in total. The lowest BCUT2D eigenvalue weighted by Crippen LogP contribution is -2.12. The molecular formula is C22H16O3. The van der Waals surface area contributed by atoms with E-state index in [0.717, 1.165) is 16.5 Å². The van der Waals surface area contributed by atoms with Gasteiger partial charge in [-0.15, -0.1) is 0 Å². The maximum absolute atomic E-state index is 12.7. The average Bonchev–Trinajstić information content (AvgIpc) is 3.12.